The zero-order valence-corrected chi connectivity index (χ0v) is 18.7. The maximum Gasteiger partial charge on any atom is 0.343 e. The Kier molecular flexibility index (Phi) is 9.42. The SMILES string of the molecule is CCCCCCCCOc1ccc(C#Cc2ccc(C(=O)Oc3ccccc3)cc2)cc1. The molecular formula is C29H30O3. The highest BCUT2D eigenvalue weighted by Crippen LogP contribution is 2.14. The van der Waals surface area contributed by atoms with Crippen LogP contribution in [0.25, 0.3) is 0 Å². The maximum absolute atomic E-state index is 12.2. The van der Waals surface area contributed by atoms with E-state index in [0.717, 1.165) is 29.9 Å². The quantitative estimate of drug-likeness (QED) is 0.151. The van der Waals surface area contributed by atoms with E-state index in [1.165, 1.54) is 32.1 Å². The number of esters is 1. The molecule has 0 saturated heterocycles. The molecule has 0 aliphatic carbocycles. The van der Waals surface area contributed by atoms with Crippen LogP contribution < -0.4 is 9.47 Å². The normalized spacial score (nSPS) is 10.2. The van der Waals surface area contributed by atoms with Crippen molar-refractivity contribution in [2.75, 3.05) is 6.61 Å². The monoisotopic (exact) mass is 426 g/mol. The molecule has 0 aromatic heterocycles. The molecule has 0 saturated carbocycles. The molecule has 3 nitrogen and oxygen atoms in total. The fourth-order valence-corrected chi connectivity index (χ4v) is 3.20. The highest BCUT2D eigenvalue weighted by Gasteiger charge is 2.07. The van der Waals surface area contributed by atoms with E-state index in [0.29, 0.717) is 11.3 Å². The molecule has 32 heavy (non-hydrogen) atoms. The number of hydrogen-bond donors (Lipinski definition) is 0. The van der Waals surface area contributed by atoms with Crippen LogP contribution in [0.5, 0.6) is 11.5 Å². The fourth-order valence-electron chi connectivity index (χ4n) is 3.20. The van der Waals surface area contributed by atoms with Crippen LogP contribution in [0.4, 0.5) is 0 Å². The van der Waals surface area contributed by atoms with Crippen molar-refractivity contribution < 1.29 is 14.3 Å². The summed E-state index contributed by atoms with van der Waals surface area (Å²) >= 11 is 0. The molecule has 0 bridgehead atoms. The van der Waals surface area contributed by atoms with Gasteiger partial charge in [-0.15, -0.1) is 0 Å². The van der Waals surface area contributed by atoms with Crippen molar-refractivity contribution in [3.63, 3.8) is 0 Å². The Morgan fingerprint density at radius 1 is 0.688 bits per heavy atom. The third-order valence-corrected chi connectivity index (χ3v) is 5.05. The highest BCUT2D eigenvalue weighted by atomic mass is 16.5. The van der Waals surface area contributed by atoms with Crippen LogP contribution in [0, 0.1) is 11.8 Å². The van der Waals surface area contributed by atoms with Gasteiger partial charge >= 0.3 is 5.97 Å². The first-order valence-electron chi connectivity index (χ1n) is 11.4. The molecular weight excluding hydrogens is 396 g/mol. The third kappa shape index (κ3) is 7.96. The van der Waals surface area contributed by atoms with Crippen LogP contribution in [-0.4, -0.2) is 12.6 Å². The summed E-state index contributed by atoms with van der Waals surface area (Å²) in [7, 11) is 0. The lowest BCUT2D eigenvalue weighted by molar-refractivity contribution is 0.0735. The summed E-state index contributed by atoms with van der Waals surface area (Å²) in [5, 5.41) is 0. The first kappa shape index (κ1) is 23.2. The number of ether oxygens (including phenoxy) is 2. The number of para-hydroxylation sites is 1. The Balaban J connectivity index is 1.46. The van der Waals surface area contributed by atoms with Gasteiger partial charge in [-0.3, -0.25) is 0 Å². The summed E-state index contributed by atoms with van der Waals surface area (Å²) < 4.78 is 11.2. The summed E-state index contributed by atoms with van der Waals surface area (Å²) in [6.45, 7) is 2.99. The second-order valence-corrected chi connectivity index (χ2v) is 7.67. The molecule has 0 N–H and O–H groups in total. The minimum absolute atomic E-state index is 0.382. The molecule has 0 unspecified atom stereocenters. The minimum Gasteiger partial charge on any atom is -0.494 e. The zero-order valence-electron chi connectivity index (χ0n) is 18.7. The topological polar surface area (TPSA) is 35.5 Å². The number of carbonyl (C=O) groups excluding carboxylic acids is 1. The second-order valence-electron chi connectivity index (χ2n) is 7.67. The van der Waals surface area contributed by atoms with Crippen LogP contribution in [0.3, 0.4) is 0 Å². The molecule has 3 heteroatoms. The van der Waals surface area contributed by atoms with Crippen LogP contribution in [-0.2, 0) is 0 Å². The number of benzene rings is 3. The van der Waals surface area contributed by atoms with Crippen LogP contribution in [0.15, 0.2) is 78.9 Å². The van der Waals surface area contributed by atoms with Crippen molar-refractivity contribution in [1.82, 2.24) is 0 Å². The number of carbonyl (C=O) groups is 1. The Hall–Kier alpha value is -3.51. The van der Waals surface area contributed by atoms with Crippen molar-refractivity contribution in [1.29, 1.82) is 0 Å². The maximum atomic E-state index is 12.2. The van der Waals surface area contributed by atoms with Crippen LogP contribution in [0.1, 0.15) is 66.9 Å². The van der Waals surface area contributed by atoms with E-state index in [9.17, 15) is 4.79 Å². The molecule has 3 aromatic rings. The van der Waals surface area contributed by atoms with Gasteiger partial charge in [0.1, 0.15) is 11.5 Å². The van der Waals surface area contributed by atoms with E-state index in [-0.39, 0.29) is 5.97 Å². The van der Waals surface area contributed by atoms with Gasteiger partial charge in [-0.1, -0.05) is 69.1 Å². The van der Waals surface area contributed by atoms with E-state index < -0.39 is 0 Å². The van der Waals surface area contributed by atoms with Crippen LogP contribution in [0.2, 0.25) is 0 Å². The molecule has 0 amide bonds. The molecule has 0 aliphatic rings. The molecule has 0 radical (unpaired) electrons. The Bertz CT molecular complexity index is 1010. The van der Waals surface area contributed by atoms with Crippen LogP contribution >= 0.6 is 0 Å². The van der Waals surface area contributed by atoms with Gasteiger partial charge in [0.05, 0.1) is 12.2 Å². The van der Waals surface area contributed by atoms with Gasteiger partial charge < -0.3 is 9.47 Å². The van der Waals surface area contributed by atoms with Gasteiger partial charge in [0.15, 0.2) is 0 Å². The average molecular weight is 427 g/mol. The number of hydrogen-bond acceptors (Lipinski definition) is 3. The molecule has 164 valence electrons. The first-order chi connectivity index (χ1) is 15.7. The van der Waals surface area contributed by atoms with E-state index in [4.69, 9.17) is 9.47 Å². The van der Waals surface area contributed by atoms with Gasteiger partial charge in [-0.05, 0) is 67.1 Å². The smallest absolute Gasteiger partial charge is 0.343 e. The first-order valence-corrected chi connectivity index (χ1v) is 11.4. The van der Waals surface area contributed by atoms with E-state index in [2.05, 4.69) is 18.8 Å². The molecule has 3 aromatic carbocycles. The highest BCUT2D eigenvalue weighted by molar-refractivity contribution is 5.91. The standard InChI is InChI=1S/C29H30O3/c1-2-3-4-5-6-10-23-31-27-21-17-25(18-22-27)14-13-24-15-19-26(20-16-24)29(30)32-28-11-8-7-9-12-28/h7-9,11-12,15-22H,2-6,10,23H2,1H3. The number of rotatable bonds is 10. The van der Waals surface area contributed by atoms with Crippen molar-refractivity contribution in [2.45, 2.75) is 45.4 Å². The minimum atomic E-state index is -0.382. The molecule has 0 aliphatic heterocycles. The molecule has 0 atom stereocenters. The molecule has 0 heterocycles. The summed E-state index contributed by atoms with van der Waals surface area (Å²) in [6.07, 6.45) is 7.55. The summed E-state index contributed by atoms with van der Waals surface area (Å²) in [5.41, 5.74) is 2.25. The Morgan fingerprint density at radius 2 is 1.28 bits per heavy atom. The van der Waals surface area contributed by atoms with Gasteiger partial charge in [0.25, 0.3) is 0 Å². The predicted molar refractivity (Wildman–Crippen MR) is 129 cm³/mol. The lowest BCUT2D eigenvalue weighted by atomic mass is 10.1. The van der Waals surface area contributed by atoms with Crippen molar-refractivity contribution in [2.24, 2.45) is 0 Å². The molecule has 0 spiro atoms. The van der Waals surface area contributed by atoms with Crippen molar-refractivity contribution in [3.8, 4) is 23.3 Å². The van der Waals surface area contributed by atoms with Gasteiger partial charge in [-0.25, -0.2) is 4.79 Å². The Morgan fingerprint density at radius 3 is 1.94 bits per heavy atom. The van der Waals surface area contributed by atoms with Gasteiger partial charge in [0.2, 0.25) is 0 Å². The molecule has 0 fully saturated rings. The zero-order chi connectivity index (χ0) is 22.4. The van der Waals surface area contributed by atoms with E-state index in [1.807, 2.05) is 54.6 Å². The summed E-state index contributed by atoms with van der Waals surface area (Å²) in [5.74, 6) is 7.31. The number of unbranched alkanes of at least 4 members (excludes halogenated alkanes) is 5. The lowest BCUT2D eigenvalue weighted by Gasteiger charge is -2.06. The van der Waals surface area contributed by atoms with Crippen molar-refractivity contribution >= 4 is 5.97 Å². The lowest BCUT2D eigenvalue weighted by Crippen LogP contribution is -2.08. The second kappa shape index (κ2) is 13.0. The largest absolute Gasteiger partial charge is 0.494 e. The van der Waals surface area contributed by atoms with Crippen molar-refractivity contribution in [3.05, 3.63) is 95.6 Å². The predicted octanol–water partition coefficient (Wildman–Crippen LogP) is 7.04. The summed E-state index contributed by atoms with van der Waals surface area (Å²) in [4.78, 5) is 12.2. The Labute approximate surface area is 191 Å². The summed E-state index contributed by atoms with van der Waals surface area (Å²) in [6, 6.07) is 24.0. The molecule has 3 rings (SSSR count). The fraction of sp³-hybridized carbons (Fsp3) is 0.276. The van der Waals surface area contributed by atoms with Gasteiger partial charge in [-0.2, -0.15) is 0 Å². The van der Waals surface area contributed by atoms with Gasteiger partial charge in [0, 0.05) is 11.1 Å². The third-order valence-electron chi connectivity index (χ3n) is 5.05. The van der Waals surface area contributed by atoms with E-state index in [1.54, 1.807) is 24.3 Å². The van der Waals surface area contributed by atoms with E-state index >= 15 is 0 Å². The average Bonchev–Trinajstić information content (AvgIpc) is 2.84.